The first-order valence-electron chi connectivity index (χ1n) is 4.55. The van der Waals surface area contributed by atoms with Gasteiger partial charge in [0.1, 0.15) is 0 Å². The number of rotatable bonds is 3. The molecule has 1 rings (SSSR count). The molecular weight excluding hydrogens is 244 g/mol. The molecule has 0 bridgehead atoms. The molecule has 1 aromatic rings. The number of hydrogen-bond acceptors (Lipinski definition) is 1. The van der Waals surface area contributed by atoms with Crippen LogP contribution in [0.4, 0.5) is 0 Å². The second kappa shape index (κ2) is 4.60. The SMILES string of the molecule is CC[C@H](C(=O)O)c1ccc(Br)cc1C. The molecule has 0 fully saturated rings. The van der Waals surface area contributed by atoms with Crippen LogP contribution in [0, 0.1) is 6.92 Å². The van der Waals surface area contributed by atoms with E-state index >= 15 is 0 Å². The summed E-state index contributed by atoms with van der Waals surface area (Å²) in [7, 11) is 0. The fraction of sp³-hybridized carbons (Fsp3) is 0.364. The lowest BCUT2D eigenvalue weighted by molar-refractivity contribution is -0.138. The topological polar surface area (TPSA) is 37.3 Å². The fourth-order valence-electron chi connectivity index (χ4n) is 1.56. The van der Waals surface area contributed by atoms with Crippen LogP contribution >= 0.6 is 15.9 Å². The smallest absolute Gasteiger partial charge is 0.310 e. The van der Waals surface area contributed by atoms with Crippen molar-refractivity contribution in [3.63, 3.8) is 0 Å². The Bertz CT molecular complexity index is 347. The molecule has 0 saturated heterocycles. The number of aliphatic carboxylic acids is 1. The van der Waals surface area contributed by atoms with Crippen molar-refractivity contribution in [2.24, 2.45) is 0 Å². The Hall–Kier alpha value is -0.830. The molecule has 1 atom stereocenters. The summed E-state index contributed by atoms with van der Waals surface area (Å²) in [6.07, 6.45) is 0.623. The second-order valence-electron chi connectivity index (χ2n) is 3.30. The Labute approximate surface area is 92.1 Å². The van der Waals surface area contributed by atoms with Gasteiger partial charge in [-0.25, -0.2) is 0 Å². The maximum atomic E-state index is 11.0. The van der Waals surface area contributed by atoms with E-state index in [1.807, 2.05) is 32.0 Å². The van der Waals surface area contributed by atoms with E-state index in [0.29, 0.717) is 6.42 Å². The van der Waals surface area contributed by atoms with E-state index in [1.54, 1.807) is 0 Å². The molecule has 0 aliphatic carbocycles. The molecule has 2 nitrogen and oxygen atoms in total. The zero-order valence-corrected chi connectivity index (χ0v) is 9.84. The number of carboxylic acids is 1. The van der Waals surface area contributed by atoms with Crippen molar-refractivity contribution in [1.29, 1.82) is 0 Å². The standard InChI is InChI=1S/C11H13BrO2/c1-3-9(11(13)14)10-5-4-8(12)6-7(10)2/h4-6,9H,3H2,1-2H3,(H,13,14)/t9-/m0/s1. The van der Waals surface area contributed by atoms with Crippen LogP contribution in [0.15, 0.2) is 22.7 Å². The highest BCUT2D eigenvalue weighted by Crippen LogP contribution is 2.25. The maximum absolute atomic E-state index is 11.0. The highest BCUT2D eigenvalue weighted by atomic mass is 79.9. The summed E-state index contributed by atoms with van der Waals surface area (Å²) in [5.41, 5.74) is 1.93. The van der Waals surface area contributed by atoms with Gasteiger partial charge in [0.15, 0.2) is 0 Å². The first-order chi connectivity index (χ1) is 6.56. The van der Waals surface area contributed by atoms with Crippen LogP contribution in [-0.4, -0.2) is 11.1 Å². The molecule has 0 unspecified atom stereocenters. The fourth-order valence-corrected chi connectivity index (χ4v) is 2.03. The molecular formula is C11H13BrO2. The van der Waals surface area contributed by atoms with Gasteiger partial charge in [-0.1, -0.05) is 28.9 Å². The molecule has 0 radical (unpaired) electrons. The van der Waals surface area contributed by atoms with Gasteiger partial charge in [0, 0.05) is 4.47 Å². The number of halogens is 1. The summed E-state index contributed by atoms with van der Waals surface area (Å²) in [5, 5.41) is 9.01. The minimum Gasteiger partial charge on any atom is -0.481 e. The number of hydrogen-bond donors (Lipinski definition) is 1. The molecule has 1 N–H and O–H groups in total. The van der Waals surface area contributed by atoms with Crippen LogP contribution in [0.2, 0.25) is 0 Å². The summed E-state index contributed by atoms with van der Waals surface area (Å²) in [5.74, 6) is -1.14. The van der Waals surface area contributed by atoms with Crippen LogP contribution < -0.4 is 0 Å². The quantitative estimate of drug-likeness (QED) is 0.901. The Kier molecular flexibility index (Phi) is 3.69. The number of aryl methyl sites for hydroxylation is 1. The van der Waals surface area contributed by atoms with Crippen molar-refractivity contribution in [2.45, 2.75) is 26.2 Å². The Balaban J connectivity index is 3.10. The minimum absolute atomic E-state index is 0.386. The first-order valence-corrected chi connectivity index (χ1v) is 5.34. The Morgan fingerprint density at radius 3 is 2.64 bits per heavy atom. The normalized spacial score (nSPS) is 12.5. The molecule has 76 valence electrons. The highest BCUT2D eigenvalue weighted by molar-refractivity contribution is 9.10. The zero-order chi connectivity index (χ0) is 10.7. The van der Waals surface area contributed by atoms with Crippen LogP contribution in [0.5, 0.6) is 0 Å². The van der Waals surface area contributed by atoms with Gasteiger partial charge in [-0.15, -0.1) is 0 Å². The monoisotopic (exact) mass is 256 g/mol. The zero-order valence-electron chi connectivity index (χ0n) is 8.25. The molecule has 0 spiro atoms. The van der Waals surface area contributed by atoms with Crippen molar-refractivity contribution >= 4 is 21.9 Å². The molecule has 0 heterocycles. The van der Waals surface area contributed by atoms with Crippen molar-refractivity contribution in [3.8, 4) is 0 Å². The lowest BCUT2D eigenvalue weighted by Crippen LogP contribution is -2.11. The molecule has 0 aromatic heterocycles. The average molecular weight is 257 g/mol. The van der Waals surface area contributed by atoms with E-state index in [2.05, 4.69) is 15.9 Å². The molecule has 0 aliphatic rings. The van der Waals surface area contributed by atoms with Gasteiger partial charge < -0.3 is 5.11 Å². The molecule has 3 heteroatoms. The van der Waals surface area contributed by atoms with E-state index in [-0.39, 0.29) is 5.92 Å². The number of carboxylic acid groups (broad SMARTS) is 1. The van der Waals surface area contributed by atoms with Crippen molar-refractivity contribution in [1.82, 2.24) is 0 Å². The third kappa shape index (κ3) is 2.35. The predicted molar refractivity (Wildman–Crippen MR) is 59.5 cm³/mol. The molecule has 1 aromatic carbocycles. The summed E-state index contributed by atoms with van der Waals surface area (Å²) in [4.78, 5) is 11.0. The van der Waals surface area contributed by atoms with Crippen LogP contribution in [0.25, 0.3) is 0 Å². The number of benzene rings is 1. The van der Waals surface area contributed by atoms with E-state index in [1.165, 1.54) is 0 Å². The van der Waals surface area contributed by atoms with E-state index < -0.39 is 5.97 Å². The molecule has 0 aliphatic heterocycles. The van der Waals surface area contributed by atoms with Crippen molar-refractivity contribution in [3.05, 3.63) is 33.8 Å². The van der Waals surface area contributed by atoms with E-state index in [4.69, 9.17) is 5.11 Å². The lowest BCUT2D eigenvalue weighted by Gasteiger charge is -2.13. The predicted octanol–water partition coefficient (Wildman–Crippen LogP) is 3.34. The van der Waals surface area contributed by atoms with Gasteiger partial charge >= 0.3 is 5.97 Å². The van der Waals surface area contributed by atoms with Crippen molar-refractivity contribution in [2.75, 3.05) is 0 Å². The van der Waals surface area contributed by atoms with Crippen LogP contribution in [0.3, 0.4) is 0 Å². The summed E-state index contributed by atoms with van der Waals surface area (Å²) < 4.78 is 0.985. The maximum Gasteiger partial charge on any atom is 0.310 e. The van der Waals surface area contributed by atoms with Gasteiger partial charge in [-0.2, -0.15) is 0 Å². The highest BCUT2D eigenvalue weighted by Gasteiger charge is 2.18. The van der Waals surface area contributed by atoms with Gasteiger partial charge in [-0.05, 0) is 36.6 Å². The Morgan fingerprint density at radius 2 is 2.21 bits per heavy atom. The third-order valence-electron chi connectivity index (χ3n) is 2.31. The number of carbonyl (C=O) groups is 1. The van der Waals surface area contributed by atoms with Crippen LogP contribution in [-0.2, 0) is 4.79 Å². The van der Waals surface area contributed by atoms with Crippen LogP contribution in [0.1, 0.15) is 30.4 Å². The second-order valence-corrected chi connectivity index (χ2v) is 4.22. The Morgan fingerprint density at radius 1 is 1.57 bits per heavy atom. The summed E-state index contributed by atoms with van der Waals surface area (Å²) in [6.45, 7) is 3.83. The molecule has 0 saturated carbocycles. The van der Waals surface area contributed by atoms with Crippen molar-refractivity contribution < 1.29 is 9.90 Å². The van der Waals surface area contributed by atoms with Gasteiger partial charge in [-0.3, -0.25) is 4.79 Å². The summed E-state index contributed by atoms with van der Waals surface area (Å²) in [6, 6.07) is 5.70. The third-order valence-corrected chi connectivity index (χ3v) is 2.81. The van der Waals surface area contributed by atoms with Gasteiger partial charge in [0.2, 0.25) is 0 Å². The molecule has 0 amide bonds. The lowest BCUT2D eigenvalue weighted by atomic mass is 9.93. The average Bonchev–Trinajstić information content (AvgIpc) is 2.09. The van der Waals surface area contributed by atoms with E-state index in [9.17, 15) is 4.79 Å². The molecule has 14 heavy (non-hydrogen) atoms. The minimum atomic E-state index is -0.752. The largest absolute Gasteiger partial charge is 0.481 e. The van der Waals surface area contributed by atoms with E-state index in [0.717, 1.165) is 15.6 Å². The summed E-state index contributed by atoms with van der Waals surface area (Å²) >= 11 is 3.36. The van der Waals surface area contributed by atoms with Gasteiger partial charge in [0.05, 0.1) is 5.92 Å². The first kappa shape index (κ1) is 11.2. The van der Waals surface area contributed by atoms with Gasteiger partial charge in [0.25, 0.3) is 0 Å².